The van der Waals surface area contributed by atoms with Gasteiger partial charge in [-0.05, 0) is 42.8 Å². The van der Waals surface area contributed by atoms with Crippen LogP contribution in [-0.4, -0.2) is 25.6 Å². The van der Waals surface area contributed by atoms with Crippen molar-refractivity contribution < 1.29 is 9.53 Å². The molecule has 0 aromatic carbocycles. The quantitative estimate of drug-likeness (QED) is 0.448. The highest BCUT2D eigenvalue weighted by molar-refractivity contribution is 6.77. The monoisotopic (exact) mass is 314 g/mol. The predicted octanol–water partition coefficient (Wildman–Crippen LogP) is 5.53. The second-order valence-electron chi connectivity index (χ2n) is 7.58. The van der Waals surface area contributed by atoms with E-state index in [1.807, 2.05) is 6.08 Å². The Morgan fingerprint density at radius 2 is 1.24 bits per heavy atom. The Morgan fingerprint density at radius 1 is 0.810 bits per heavy atom. The van der Waals surface area contributed by atoms with E-state index < -0.39 is 8.32 Å². The van der Waals surface area contributed by atoms with Crippen LogP contribution in [0.15, 0.2) is 12.2 Å². The second kappa shape index (κ2) is 9.11. The average Bonchev–Trinajstić information content (AvgIpc) is 2.31. The maximum atomic E-state index is 9.33. The van der Waals surface area contributed by atoms with Gasteiger partial charge in [-0.3, -0.25) is 0 Å². The third-order valence-corrected chi connectivity index (χ3v) is 10.8. The summed E-state index contributed by atoms with van der Waals surface area (Å²) >= 11 is 0. The van der Waals surface area contributed by atoms with Gasteiger partial charge in [0, 0.05) is 6.10 Å². The topological polar surface area (TPSA) is 29.5 Å². The van der Waals surface area contributed by atoms with Crippen molar-refractivity contribution >= 4 is 8.32 Å². The van der Waals surface area contributed by atoms with Crippen LogP contribution in [0.2, 0.25) is 16.6 Å². The number of rotatable bonds is 9. The summed E-state index contributed by atoms with van der Waals surface area (Å²) in [6, 6.07) is 0. The zero-order valence-electron chi connectivity index (χ0n) is 15.7. The average molecular weight is 315 g/mol. The number of hydrogen-bond acceptors (Lipinski definition) is 2. The molecule has 126 valence electrons. The molecular formula is C18H38O2Si. The largest absolute Gasteiger partial charge is 0.413 e. The van der Waals surface area contributed by atoms with Crippen molar-refractivity contribution in [1.29, 1.82) is 0 Å². The van der Waals surface area contributed by atoms with E-state index in [2.05, 4.69) is 61.5 Å². The van der Waals surface area contributed by atoms with Crippen molar-refractivity contribution in [3.05, 3.63) is 12.2 Å². The molecule has 3 heteroatoms. The van der Waals surface area contributed by atoms with Crippen LogP contribution in [0.1, 0.15) is 68.7 Å². The first-order valence-corrected chi connectivity index (χ1v) is 10.7. The highest BCUT2D eigenvalue weighted by Gasteiger charge is 2.46. The maximum absolute atomic E-state index is 9.33. The molecule has 1 N–H and O–H groups in total. The fourth-order valence-corrected chi connectivity index (χ4v) is 9.37. The third kappa shape index (κ3) is 6.25. The Hall–Kier alpha value is -0.123. The lowest BCUT2D eigenvalue weighted by Crippen LogP contribution is -2.49. The summed E-state index contributed by atoms with van der Waals surface area (Å²) in [6.45, 7) is 20.2. The molecule has 0 amide bonds. The van der Waals surface area contributed by atoms with Gasteiger partial charge in [-0.25, -0.2) is 0 Å². The normalized spacial score (nSPS) is 18.0. The second-order valence-corrected chi connectivity index (χ2v) is 13.0. The van der Waals surface area contributed by atoms with Crippen LogP contribution in [0.5, 0.6) is 0 Å². The van der Waals surface area contributed by atoms with Gasteiger partial charge in [0.25, 0.3) is 0 Å². The molecule has 0 aliphatic heterocycles. The van der Waals surface area contributed by atoms with Crippen LogP contribution < -0.4 is 0 Å². The van der Waals surface area contributed by atoms with Gasteiger partial charge in [0.1, 0.15) is 0 Å². The summed E-state index contributed by atoms with van der Waals surface area (Å²) in [5, 5.41) is 9.33. The molecule has 0 aromatic heterocycles. The van der Waals surface area contributed by atoms with Crippen molar-refractivity contribution in [1.82, 2.24) is 0 Å². The van der Waals surface area contributed by atoms with Gasteiger partial charge in [0.05, 0.1) is 6.10 Å². The minimum atomic E-state index is -1.78. The molecule has 0 aliphatic rings. The fourth-order valence-electron chi connectivity index (χ4n) is 3.76. The first-order valence-electron chi connectivity index (χ1n) is 8.58. The molecule has 0 saturated heterocycles. The molecular weight excluding hydrogens is 276 g/mol. The zero-order chi connectivity index (χ0) is 16.8. The summed E-state index contributed by atoms with van der Waals surface area (Å²) in [7, 11) is -1.78. The van der Waals surface area contributed by atoms with E-state index in [1.54, 1.807) is 6.92 Å². The van der Waals surface area contributed by atoms with Gasteiger partial charge in [-0.1, -0.05) is 60.6 Å². The number of aliphatic hydroxyl groups excluding tert-OH is 1. The van der Waals surface area contributed by atoms with Crippen LogP contribution >= 0.6 is 0 Å². The molecule has 2 nitrogen and oxygen atoms in total. The molecule has 0 fully saturated rings. The predicted molar refractivity (Wildman–Crippen MR) is 96.2 cm³/mol. The molecule has 0 saturated carbocycles. The molecule has 0 bridgehead atoms. The standard InChI is InChI=1S/C18H38O2Si/c1-13(2)21(14(3)4,15(5)6)20-18(9)12-16(7)10-11-17(8)19/h10-11,13-19H,12H2,1-9H3/b11-10+/t16-,17-,18-/m0/s1. The lowest BCUT2D eigenvalue weighted by atomic mass is 10.0. The molecule has 0 rings (SSSR count). The van der Waals surface area contributed by atoms with Gasteiger partial charge in [0.15, 0.2) is 0 Å². The Bertz CT molecular complexity index is 287. The van der Waals surface area contributed by atoms with Crippen LogP contribution in [0, 0.1) is 5.92 Å². The summed E-state index contributed by atoms with van der Waals surface area (Å²) in [5.41, 5.74) is 1.88. The van der Waals surface area contributed by atoms with Crippen LogP contribution in [0.4, 0.5) is 0 Å². The lowest BCUT2D eigenvalue weighted by Gasteiger charge is -2.44. The van der Waals surface area contributed by atoms with E-state index in [-0.39, 0.29) is 12.2 Å². The van der Waals surface area contributed by atoms with Crippen molar-refractivity contribution in [2.45, 2.75) is 97.6 Å². The van der Waals surface area contributed by atoms with Crippen molar-refractivity contribution in [2.75, 3.05) is 0 Å². The zero-order valence-corrected chi connectivity index (χ0v) is 16.7. The molecule has 3 atom stereocenters. The lowest BCUT2D eigenvalue weighted by molar-refractivity contribution is 0.170. The third-order valence-electron chi connectivity index (χ3n) is 4.53. The molecule has 0 spiro atoms. The molecule has 0 heterocycles. The van der Waals surface area contributed by atoms with E-state index in [0.717, 1.165) is 6.42 Å². The van der Waals surface area contributed by atoms with Gasteiger partial charge in [-0.15, -0.1) is 0 Å². The van der Waals surface area contributed by atoms with E-state index >= 15 is 0 Å². The summed E-state index contributed by atoms with van der Waals surface area (Å²) in [4.78, 5) is 0. The minimum Gasteiger partial charge on any atom is -0.413 e. The van der Waals surface area contributed by atoms with E-state index in [9.17, 15) is 5.11 Å². The van der Waals surface area contributed by atoms with Gasteiger partial charge < -0.3 is 9.53 Å². The molecule has 0 aliphatic carbocycles. The summed E-state index contributed by atoms with van der Waals surface area (Å²) < 4.78 is 6.74. The Labute approximate surface area is 134 Å². The van der Waals surface area contributed by atoms with E-state index in [0.29, 0.717) is 22.5 Å². The van der Waals surface area contributed by atoms with Crippen molar-refractivity contribution in [3.8, 4) is 0 Å². The maximum Gasteiger partial charge on any atom is 0.200 e. The summed E-state index contributed by atoms with van der Waals surface area (Å²) in [6.07, 6.45) is 4.91. The first kappa shape index (κ1) is 20.9. The minimum absolute atomic E-state index is 0.275. The van der Waals surface area contributed by atoms with Crippen molar-refractivity contribution in [2.24, 2.45) is 5.92 Å². The molecule has 0 unspecified atom stereocenters. The van der Waals surface area contributed by atoms with E-state index in [4.69, 9.17) is 4.43 Å². The molecule has 21 heavy (non-hydrogen) atoms. The highest BCUT2D eigenvalue weighted by Crippen LogP contribution is 2.43. The smallest absolute Gasteiger partial charge is 0.200 e. The first-order chi connectivity index (χ1) is 9.53. The van der Waals surface area contributed by atoms with Gasteiger partial charge >= 0.3 is 0 Å². The Morgan fingerprint density at radius 3 is 1.57 bits per heavy atom. The van der Waals surface area contributed by atoms with Crippen LogP contribution in [0.3, 0.4) is 0 Å². The highest BCUT2D eigenvalue weighted by atomic mass is 28.4. The van der Waals surface area contributed by atoms with E-state index in [1.165, 1.54) is 0 Å². The number of hydrogen-bond donors (Lipinski definition) is 1. The van der Waals surface area contributed by atoms with Gasteiger partial charge in [-0.2, -0.15) is 0 Å². The van der Waals surface area contributed by atoms with Crippen LogP contribution in [-0.2, 0) is 4.43 Å². The van der Waals surface area contributed by atoms with Gasteiger partial charge in [0.2, 0.25) is 8.32 Å². The Balaban J connectivity index is 4.87. The van der Waals surface area contributed by atoms with Crippen molar-refractivity contribution in [3.63, 3.8) is 0 Å². The number of aliphatic hydroxyl groups is 1. The Kier molecular flexibility index (Phi) is 9.06. The van der Waals surface area contributed by atoms with Crippen LogP contribution in [0.25, 0.3) is 0 Å². The molecule has 0 radical (unpaired) electrons. The molecule has 0 aromatic rings. The summed E-state index contributed by atoms with van der Waals surface area (Å²) in [5.74, 6) is 0.438. The fraction of sp³-hybridized carbons (Fsp3) is 0.889. The SMILES string of the molecule is CC(C)[Si](O[C@@H](C)C[C@@H](C)/C=C/[C@H](C)O)(C(C)C)C(C)C. The number of allylic oxidation sites excluding steroid dienone is 1.